The second-order valence-electron chi connectivity index (χ2n) is 4.51. The Bertz CT molecular complexity index is 785. The van der Waals surface area contributed by atoms with Crippen molar-refractivity contribution in [1.29, 1.82) is 0 Å². The minimum Gasteiger partial charge on any atom is -0.261 e. The van der Waals surface area contributed by atoms with Crippen LogP contribution in [0.3, 0.4) is 0 Å². The maximum atomic E-state index is 6.24. The smallest absolute Gasteiger partial charge is 0.183 e. The fourth-order valence-electron chi connectivity index (χ4n) is 2.03. The normalized spacial score (nSPS) is 10.8. The monoisotopic (exact) mass is 319 g/mol. The number of pyridine rings is 1. The van der Waals surface area contributed by atoms with E-state index in [1.807, 2.05) is 31.2 Å². The SMILES string of the molecule is Cc1ncccc1Cn1nnnc1-c1cccc(Cl)c1Cl. The zero-order valence-corrected chi connectivity index (χ0v) is 12.7. The fraction of sp³-hybridized carbons (Fsp3) is 0.143. The number of tetrazole rings is 1. The molecule has 0 spiro atoms. The number of hydrogen-bond donors (Lipinski definition) is 0. The van der Waals surface area contributed by atoms with Crippen LogP contribution < -0.4 is 0 Å². The summed E-state index contributed by atoms with van der Waals surface area (Å²) in [7, 11) is 0. The predicted molar refractivity (Wildman–Crippen MR) is 81.3 cm³/mol. The Morgan fingerprint density at radius 1 is 1.14 bits per heavy atom. The lowest BCUT2D eigenvalue weighted by molar-refractivity contribution is 0.649. The molecule has 3 rings (SSSR count). The average Bonchev–Trinajstić information content (AvgIpc) is 2.92. The number of nitrogens with zero attached hydrogens (tertiary/aromatic N) is 5. The lowest BCUT2D eigenvalue weighted by Gasteiger charge is -2.08. The van der Waals surface area contributed by atoms with Gasteiger partial charge in [-0.3, -0.25) is 4.98 Å². The first kappa shape index (κ1) is 14.0. The molecule has 0 atom stereocenters. The molecule has 21 heavy (non-hydrogen) atoms. The van der Waals surface area contributed by atoms with Crippen LogP contribution in [-0.4, -0.2) is 25.2 Å². The summed E-state index contributed by atoms with van der Waals surface area (Å²) in [6, 6.07) is 9.27. The molecule has 0 radical (unpaired) electrons. The molecule has 0 fully saturated rings. The Labute approximate surface area is 131 Å². The highest BCUT2D eigenvalue weighted by Crippen LogP contribution is 2.32. The molecule has 0 unspecified atom stereocenters. The molecule has 0 saturated heterocycles. The molecule has 3 aromatic rings. The Balaban J connectivity index is 2.02. The van der Waals surface area contributed by atoms with Crippen LogP contribution in [-0.2, 0) is 6.54 Å². The van der Waals surface area contributed by atoms with Crippen molar-refractivity contribution in [2.45, 2.75) is 13.5 Å². The summed E-state index contributed by atoms with van der Waals surface area (Å²) in [5, 5.41) is 12.7. The first-order valence-electron chi connectivity index (χ1n) is 6.28. The second kappa shape index (κ2) is 5.79. The van der Waals surface area contributed by atoms with Gasteiger partial charge in [0.05, 0.1) is 16.6 Å². The maximum absolute atomic E-state index is 6.24. The first-order valence-corrected chi connectivity index (χ1v) is 7.03. The molecule has 0 aliphatic heterocycles. The molecule has 0 N–H and O–H groups in total. The standard InChI is InChI=1S/C14H11Cl2N5/c1-9-10(4-3-7-17-9)8-21-14(18-19-20-21)11-5-2-6-12(15)13(11)16/h2-7H,8H2,1H3. The van der Waals surface area contributed by atoms with E-state index >= 15 is 0 Å². The van der Waals surface area contributed by atoms with E-state index < -0.39 is 0 Å². The van der Waals surface area contributed by atoms with E-state index in [2.05, 4.69) is 20.5 Å². The van der Waals surface area contributed by atoms with Crippen molar-refractivity contribution in [1.82, 2.24) is 25.2 Å². The van der Waals surface area contributed by atoms with Gasteiger partial charge in [-0.15, -0.1) is 5.10 Å². The third-order valence-electron chi connectivity index (χ3n) is 3.16. The van der Waals surface area contributed by atoms with Gasteiger partial charge in [-0.2, -0.15) is 0 Å². The highest BCUT2D eigenvalue weighted by molar-refractivity contribution is 6.43. The Hall–Kier alpha value is -1.98. The Morgan fingerprint density at radius 3 is 2.81 bits per heavy atom. The molecule has 106 valence electrons. The molecule has 0 amide bonds. The molecular weight excluding hydrogens is 309 g/mol. The van der Waals surface area contributed by atoms with Crippen LogP contribution in [0.2, 0.25) is 10.0 Å². The number of aromatic nitrogens is 5. The summed E-state index contributed by atoms with van der Waals surface area (Å²) in [6.45, 7) is 2.47. The summed E-state index contributed by atoms with van der Waals surface area (Å²) in [4.78, 5) is 4.26. The fourth-order valence-corrected chi connectivity index (χ4v) is 2.41. The Kier molecular flexibility index (Phi) is 3.86. The van der Waals surface area contributed by atoms with Gasteiger partial charge in [0.15, 0.2) is 5.82 Å². The molecular formula is C14H11Cl2N5. The van der Waals surface area contributed by atoms with Gasteiger partial charge in [0.1, 0.15) is 0 Å². The van der Waals surface area contributed by atoms with E-state index in [9.17, 15) is 0 Å². The summed E-state index contributed by atoms with van der Waals surface area (Å²) in [6.07, 6.45) is 1.76. The van der Waals surface area contributed by atoms with Crippen molar-refractivity contribution >= 4 is 23.2 Å². The van der Waals surface area contributed by atoms with E-state index in [-0.39, 0.29) is 0 Å². The van der Waals surface area contributed by atoms with Gasteiger partial charge in [0, 0.05) is 17.5 Å². The summed E-state index contributed by atoms with van der Waals surface area (Å²) in [5.41, 5.74) is 2.69. The van der Waals surface area contributed by atoms with Gasteiger partial charge in [0.2, 0.25) is 0 Å². The predicted octanol–water partition coefficient (Wildman–Crippen LogP) is 3.40. The molecule has 0 aliphatic rings. The zero-order chi connectivity index (χ0) is 14.8. The summed E-state index contributed by atoms with van der Waals surface area (Å²) in [5.74, 6) is 0.575. The highest BCUT2D eigenvalue weighted by atomic mass is 35.5. The minimum atomic E-state index is 0.443. The number of halogens is 2. The number of hydrogen-bond acceptors (Lipinski definition) is 4. The average molecular weight is 320 g/mol. The molecule has 5 nitrogen and oxygen atoms in total. The molecule has 0 aliphatic carbocycles. The van der Waals surface area contributed by atoms with Gasteiger partial charge in [-0.1, -0.05) is 35.3 Å². The summed E-state index contributed by atoms with van der Waals surface area (Å²) < 4.78 is 1.68. The maximum Gasteiger partial charge on any atom is 0.183 e. The van der Waals surface area contributed by atoms with E-state index in [0.717, 1.165) is 11.3 Å². The molecule has 1 aromatic carbocycles. The van der Waals surface area contributed by atoms with E-state index in [4.69, 9.17) is 23.2 Å². The van der Waals surface area contributed by atoms with Gasteiger partial charge in [-0.25, -0.2) is 4.68 Å². The second-order valence-corrected chi connectivity index (χ2v) is 5.29. The first-order chi connectivity index (χ1) is 10.2. The number of benzene rings is 1. The van der Waals surface area contributed by atoms with Crippen LogP contribution in [0.1, 0.15) is 11.3 Å². The molecule has 2 aromatic heterocycles. The van der Waals surface area contributed by atoms with Crippen LogP contribution >= 0.6 is 23.2 Å². The van der Waals surface area contributed by atoms with Crippen molar-refractivity contribution in [3.8, 4) is 11.4 Å². The van der Waals surface area contributed by atoms with Crippen LogP contribution in [0.15, 0.2) is 36.5 Å². The van der Waals surface area contributed by atoms with Gasteiger partial charge < -0.3 is 0 Å². The van der Waals surface area contributed by atoms with Gasteiger partial charge >= 0.3 is 0 Å². The van der Waals surface area contributed by atoms with Crippen LogP contribution in [0.4, 0.5) is 0 Å². The largest absolute Gasteiger partial charge is 0.261 e. The van der Waals surface area contributed by atoms with Crippen molar-refractivity contribution in [2.24, 2.45) is 0 Å². The third-order valence-corrected chi connectivity index (χ3v) is 3.98. The minimum absolute atomic E-state index is 0.443. The van der Waals surface area contributed by atoms with E-state index in [1.54, 1.807) is 16.9 Å². The van der Waals surface area contributed by atoms with E-state index in [0.29, 0.717) is 28.0 Å². The third kappa shape index (κ3) is 2.75. The number of aryl methyl sites for hydroxylation is 1. The van der Waals surface area contributed by atoms with Crippen LogP contribution in [0.5, 0.6) is 0 Å². The molecule has 0 bridgehead atoms. The van der Waals surface area contributed by atoms with Crippen molar-refractivity contribution in [3.63, 3.8) is 0 Å². The van der Waals surface area contributed by atoms with Crippen molar-refractivity contribution in [2.75, 3.05) is 0 Å². The lowest BCUT2D eigenvalue weighted by atomic mass is 10.2. The van der Waals surface area contributed by atoms with Crippen molar-refractivity contribution in [3.05, 3.63) is 57.8 Å². The van der Waals surface area contributed by atoms with Crippen LogP contribution in [0.25, 0.3) is 11.4 Å². The quantitative estimate of drug-likeness (QED) is 0.742. The molecule has 7 heteroatoms. The van der Waals surface area contributed by atoms with Gasteiger partial charge in [-0.05, 0) is 41.1 Å². The van der Waals surface area contributed by atoms with Crippen LogP contribution in [0, 0.1) is 6.92 Å². The van der Waals surface area contributed by atoms with Gasteiger partial charge in [0.25, 0.3) is 0 Å². The highest BCUT2D eigenvalue weighted by Gasteiger charge is 2.15. The number of rotatable bonds is 3. The molecule has 0 saturated carbocycles. The zero-order valence-electron chi connectivity index (χ0n) is 11.2. The molecule has 2 heterocycles. The Morgan fingerprint density at radius 2 is 2.00 bits per heavy atom. The van der Waals surface area contributed by atoms with E-state index in [1.165, 1.54) is 0 Å². The summed E-state index contributed by atoms with van der Waals surface area (Å²) >= 11 is 12.3. The topological polar surface area (TPSA) is 56.5 Å². The lowest BCUT2D eigenvalue weighted by Crippen LogP contribution is -2.06. The van der Waals surface area contributed by atoms with Crippen molar-refractivity contribution < 1.29 is 0 Å².